The average molecular weight is 605 g/mol. The number of nitrogens with zero attached hydrogens (tertiary/aromatic N) is 2. The van der Waals surface area contributed by atoms with E-state index in [4.69, 9.17) is 0 Å². The standard InChI is InChI=1S/C45H36N2/c1-45(2)41-19-11-9-17-37(41)38-27-26-36(30-42(38)45)46(33-13-5-3-6-14-33)35-24-21-31(22-25-35)32-23-28-44-40(29-32)39-18-10-12-20-43(39)47(44)34-15-7-4-8-16-34/h3-29,42H,30H2,1-2H3. The Hall–Kier alpha value is -5.60. The van der Waals surface area contributed by atoms with E-state index in [1.54, 1.807) is 0 Å². The second-order valence-corrected chi connectivity index (χ2v) is 13.4. The van der Waals surface area contributed by atoms with Crippen LogP contribution in [0.5, 0.6) is 0 Å². The average Bonchev–Trinajstić information content (AvgIpc) is 3.58. The molecule has 7 aromatic rings. The molecule has 0 saturated heterocycles. The SMILES string of the molecule is CC1(C)c2ccccc2C2=CC=C(N(c3ccccc3)c3ccc(-c4ccc5c(c4)c4ccccc4n5-c4ccccc4)cc3)CC21. The predicted octanol–water partition coefficient (Wildman–Crippen LogP) is 11.9. The van der Waals surface area contributed by atoms with Gasteiger partial charge in [-0.15, -0.1) is 0 Å². The largest absolute Gasteiger partial charge is 0.314 e. The number of hydrogen-bond acceptors (Lipinski definition) is 1. The van der Waals surface area contributed by atoms with Crippen LogP contribution >= 0.6 is 0 Å². The number of aromatic nitrogens is 1. The van der Waals surface area contributed by atoms with Crippen molar-refractivity contribution < 1.29 is 0 Å². The molecule has 2 aliphatic carbocycles. The third-order valence-electron chi connectivity index (χ3n) is 10.5. The van der Waals surface area contributed by atoms with Crippen LogP contribution in [0.1, 0.15) is 31.4 Å². The van der Waals surface area contributed by atoms with Gasteiger partial charge in [-0.1, -0.05) is 117 Å². The minimum atomic E-state index is 0.0798. The molecule has 47 heavy (non-hydrogen) atoms. The Balaban J connectivity index is 1.11. The zero-order valence-corrected chi connectivity index (χ0v) is 26.8. The van der Waals surface area contributed by atoms with E-state index in [1.807, 2.05) is 0 Å². The normalized spacial score (nSPS) is 16.4. The zero-order chi connectivity index (χ0) is 31.5. The van der Waals surface area contributed by atoms with Gasteiger partial charge in [0.05, 0.1) is 11.0 Å². The first-order chi connectivity index (χ1) is 23.1. The van der Waals surface area contributed by atoms with Gasteiger partial charge in [-0.2, -0.15) is 0 Å². The lowest BCUT2D eigenvalue weighted by Gasteiger charge is -2.36. The van der Waals surface area contributed by atoms with Gasteiger partial charge < -0.3 is 9.47 Å². The van der Waals surface area contributed by atoms with Gasteiger partial charge in [-0.3, -0.25) is 0 Å². The van der Waals surface area contributed by atoms with Crippen LogP contribution in [0.15, 0.2) is 170 Å². The van der Waals surface area contributed by atoms with E-state index in [-0.39, 0.29) is 5.41 Å². The van der Waals surface area contributed by atoms with E-state index in [0.29, 0.717) is 5.92 Å². The first kappa shape index (κ1) is 27.7. The Labute approximate surface area is 276 Å². The van der Waals surface area contributed by atoms with E-state index in [0.717, 1.165) is 6.42 Å². The van der Waals surface area contributed by atoms with Gasteiger partial charge in [-0.25, -0.2) is 0 Å². The van der Waals surface area contributed by atoms with E-state index in [9.17, 15) is 0 Å². The Bertz CT molecular complexity index is 2340. The van der Waals surface area contributed by atoms with Crippen molar-refractivity contribution in [3.8, 4) is 16.8 Å². The lowest BCUT2D eigenvalue weighted by molar-refractivity contribution is 0.406. The summed E-state index contributed by atoms with van der Waals surface area (Å²) in [6.45, 7) is 4.83. The highest BCUT2D eigenvalue weighted by molar-refractivity contribution is 6.10. The molecule has 1 unspecified atom stereocenters. The summed E-state index contributed by atoms with van der Waals surface area (Å²) < 4.78 is 2.37. The van der Waals surface area contributed by atoms with E-state index in [2.05, 4.69) is 187 Å². The molecule has 0 radical (unpaired) electrons. The fourth-order valence-electron chi connectivity index (χ4n) is 8.13. The lowest BCUT2D eigenvalue weighted by atomic mass is 9.74. The van der Waals surface area contributed by atoms with E-state index in [1.165, 1.54) is 72.4 Å². The molecule has 0 amide bonds. The highest BCUT2D eigenvalue weighted by atomic mass is 15.1. The molecule has 2 heteroatoms. The number of benzene rings is 6. The Morgan fingerprint density at radius 1 is 0.574 bits per heavy atom. The first-order valence-corrected chi connectivity index (χ1v) is 16.6. The number of fused-ring (bicyclic) bond motifs is 6. The van der Waals surface area contributed by atoms with Gasteiger partial charge in [0.25, 0.3) is 0 Å². The molecule has 1 atom stereocenters. The van der Waals surface area contributed by atoms with Crippen molar-refractivity contribution in [2.45, 2.75) is 25.7 Å². The minimum absolute atomic E-state index is 0.0798. The molecule has 2 aliphatic rings. The molecule has 0 aliphatic heterocycles. The van der Waals surface area contributed by atoms with Crippen molar-refractivity contribution in [2.75, 3.05) is 4.90 Å². The third kappa shape index (κ3) is 4.40. The summed E-state index contributed by atoms with van der Waals surface area (Å²) in [5.41, 5.74) is 14.2. The molecule has 0 spiro atoms. The number of para-hydroxylation sites is 3. The predicted molar refractivity (Wildman–Crippen MR) is 198 cm³/mol. The minimum Gasteiger partial charge on any atom is -0.314 e. The number of anilines is 2. The van der Waals surface area contributed by atoms with Crippen molar-refractivity contribution in [1.29, 1.82) is 0 Å². The quantitative estimate of drug-likeness (QED) is 0.190. The van der Waals surface area contributed by atoms with Gasteiger partial charge in [0.15, 0.2) is 0 Å². The summed E-state index contributed by atoms with van der Waals surface area (Å²) in [6.07, 6.45) is 5.72. The number of allylic oxidation sites excluding steroid dienone is 4. The highest BCUT2D eigenvalue weighted by Gasteiger charge is 2.44. The lowest BCUT2D eigenvalue weighted by Crippen LogP contribution is -2.28. The van der Waals surface area contributed by atoms with Crippen LogP contribution in [0, 0.1) is 5.92 Å². The molecule has 1 aromatic heterocycles. The Morgan fingerprint density at radius 2 is 1.21 bits per heavy atom. The van der Waals surface area contributed by atoms with E-state index < -0.39 is 0 Å². The summed E-state index contributed by atoms with van der Waals surface area (Å²) in [4.78, 5) is 2.45. The Kier molecular flexibility index (Phi) is 6.33. The molecule has 226 valence electrons. The maximum atomic E-state index is 2.45. The second-order valence-electron chi connectivity index (χ2n) is 13.4. The third-order valence-corrected chi connectivity index (χ3v) is 10.5. The van der Waals surface area contributed by atoms with Crippen molar-refractivity contribution in [2.24, 2.45) is 5.92 Å². The molecule has 0 fully saturated rings. The van der Waals surface area contributed by atoms with Crippen molar-refractivity contribution in [3.63, 3.8) is 0 Å². The van der Waals surface area contributed by atoms with Crippen LogP contribution in [-0.2, 0) is 5.41 Å². The van der Waals surface area contributed by atoms with Crippen LogP contribution in [0.3, 0.4) is 0 Å². The fraction of sp³-hybridized carbons (Fsp3) is 0.111. The molecule has 2 nitrogen and oxygen atoms in total. The van der Waals surface area contributed by atoms with Gasteiger partial charge in [0.2, 0.25) is 0 Å². The summed E-state index contributed by atoms with van der Waals surface area (Å²) in [5.74, 6) is 0.440. The monoisotopic (exact) mass is 604 g/mol. The van der Waals surface area contributed by atoms with Crippen LogP contribution in [-0.4, -0.2) is 4.57 Å². The molecule has 0 saturated carbocycles. The van der Waals surface area contributed by atoms with E-state index >= 15 is 0 Å². The molecular weight excluding hydrogens is 569 g/mol. The van der Waals surface area contributed by atoms with Gasteiger partial charge in [-0.05, 0) is 106 Å². The second kappa shape index (κ2) is 10.7. The van der Waals surface area contributed by atoms with Crippen molar-refractivity contribution in [1.82, 2.24) is 4.57 Å². The van der Waals surface area contributed by atoms with Crippen LogP contribution in [0.25, 0.3) is 44.2 Å². The maximum absolute atomic E-state index is 2.45. The molecule has 1 heterocycles. The van der Waals surface area contributed by atoms with Gasteiger partial charge in [0.1, 0.15) is 0 Å². The highest BCUT2D eigenvalue weighted by Crippen LogP contribution is 2.54. The first-order valence-electron chi connectivity index (χ1n) is 16.6. The molecule has 0 bridgehead atoms. The van der Waals surface area contributed by atoms with Gasteiger partial charge in [0, 0.05) is 33.5 Å². The van der Waals surface area contributed by atoms with Crippen LogP contribution in [0.4, 0.5) is 11.4 Å². The zero-order valence-electron chi connectivity index (χ0n) is 26.8. The van der Waals surface area contributed by atoms with Crippen LogP contribution < -0.4 is 4.90 Å². The molecular formula is C45H36N2. The topological polar surface area (TPSA) is 8.17 Å². The smallest absolute Gasteiger partial charge is 0.0541 e. The maximum Gasteiger partial charge on any atom is 0.0541 e. The summed E-state index contributed by atoms with van der Waals surface area (Å²) in [7, 11) is 0. The Morgan fingerprint density at radius 3 is 2.02 bits per heavy atom. The number of rotatable bonds is 5. The van der Waals surface area contributed by atoms with Crippen molar-refractivity contribution >= 4 is 38.8 Å². The fourth-order valence-corrected chi connectivity index (χ4v) is 8.13. The summed E-state index contributed by atoms with van der Waals surface area (Å²) >= 11 is 0. The molecule has 0 N–H and O–H groups in total. The molecule has 6 aromatic carbocycles. The van der Waals surface area contributed by atoms with Crippen molar-refractivity contribution in [3.05, 3.63) is 181 Å². The molecule has 9 rings (SSSR count). The summed E-state index contributed by atoms with van der Waals surface area (Å²) in [6, 6.07) is 55.2. The van der Waals surface area contributed by atoms with Crippen LogP contribution in [0.2, 0.25) is 0 Å². The summed E-state index contributed by atoms with van der Waals surface area (Å²) in [5, 5.41) is 2.54. The van der Waals surface area contributed by atoms with Gasteiger partial charge >= 0.3 is 0 Å². The number of hydrogen-bond donors (Lipinski definition) is 0.